The molecule has 1 unspecified atom stereocenters. The Bertz CT molecular complexity index is 491. The number of carbonyl (C=O) groups excluding carboxylic acids is 1. The minimum atomic E-state index is -0.441. The van der Waals surface area contributed by atoms with Gasteiger partial charge in [-0.15, -0.1) is 0 Å². The van der Waals surface area contributed by atoms with Gasteiger partial charge in [0.15, 0.2) is 5.78 Å². The van der Waals surface area contributed by atoms with Crippen molar-refractivity contribution in [3.63, 3.8) is 0 Å². The van der Waals surface area contributed by atoms with Crippen molar-refractivity contribution < 1.29 is 14.3 Å². The molecule has 1 aliphatic rings. The number of carbonyl (C=O) groups is 1. The summed E-state index contributed by atoms with van der Waals surface area (Å²) >= 11 is 5.81. The lowest BCUT2D eigenvalue weighted by Crippen LogP contribution is -2.36. The van der Waals surface area contributed by atoms with Crippen LogP contribution in [0.1, 0.15) is 34.1 Å². The highest BCUT2D eigenvalue weighted by Gasteiger charge is 2.49. The third-order valence-electron chi connectivity index (χ3n) is 3.66. The molecule has 0 saturated carbocycles. The molecule has 0 radical (unpaired) electrons. The molecule has 0 aliphatic carbocycles. The number of ketones is 1. The van der Waals surface area contributed by atoms with Crippen LogP contribution in [0.15, 0.2) is 24.3 Å². The first-order chi connectivity index (χ1) is 9.20. The van der Waals surface area contributed by atoms with Gasteiger partial charge in [0.05, 0.1) is 17.1 Å². The highest BCUT2D eigenvalue weighted by atomic mass is 35.5. The maximum absolute atomic E-state index is 12.4. The first-order valence-corrected chi connectivity index (χ1v) is 7.19. The van der Waals surface area contributed by atoms with Crippen LogP contribution in [0.3, 0.4) is 0 Å². The number of benzene rings is 1. The van der Waals surface area contributed by atoms with E-state index in [1.54, 1.807) is 24.3 Å². The van der Waals surface area contributed by atoms with Crippen molar-refractivity contribution in [2.24, 2.45) is 5.92 Å². The lowest BCUT2D eigenvalue weighted by Gasteiger charge is -2.26. The number of ether oxygens (including phenoxy) is 2. The Labute approximate surface area is 125 Å². The standard InChI is InChI=1S/C16H21ClO3/c1-15(2)9-13(16(3,4)20-15)14(18)10-19-12-7-5-11(17)6-8-12/h5-8,13H,9-10H2,1-4H3. The molecule has 0 aromatic heterocycles. The highest BCUT2D eigenvalue weighted by molar-refractivity contribution is 6.30. The average Bonchev–Trinajstić information content (AvgIpc) is 2.56. The fourth-order valence-corrected chi connectivity index (χ4v) is 2.98. The Morgan fingerprint density at radius 2 is 1.90 bits per heavy atom. The van der Waals surface area contributed by atoms with Crippen LogP contribution < -0.4 is 4.74 Å². The number of hydrogen-bond acceptors (Lipinski definition) is 3. The maximum atomic E-state index is 12.4. The predicted octanol–water partition coefficient (Wildman–Crippen LogP) is 3.88. The third-order valence-corrected chi connectivity index (χ3v) is 3.91. The molecule has 0 bridgehead atoms. The summed E-state index contributed by atoms with van der Waals surface area (Å²) in [5.74, 6) is 0.596. The van der Waals surface area contributed by atoms with E-state index in [2.05, 4.69) is 0 Å². The number of Topliss-reactive ketones (excluding diaryl/α,β-unsaturated/α-hetero) is 1. The molecule has 0 spiro atoms. The van der Waals surface area contributed by atoms with Crippen LogP contribution in [0.4, 0.5) is 0 Å². The van der Waals surface area contributed by atoms with Gasteiger partial charge in [0, 0.05) is 5.02 Å². The van der Waals surface area contributed by atoms with E-state index in [-0.39, 0.29) is 23.9 Å². The van der Waals surface area contributed by atoms with Crippen LogP contribution in [0.2, 0.25) is 5.02 Å². The van der Waals surface area contributed by atoms with Gasteiger partial charge in [0.25, 0.3) is 0 Å². The number of halogens is 1. The molecule has 1 saturated heterocycles. The van der Waals surface area contributed by atoms with Crippen molar-refractivity contribution in [2.75, 3.05) is 6.61 Å². The summed E-state index contributed by atoms with van der Waals surface area (Å²) in [4.78, 5) is 12.4. The Balaban J connectivity index is 1.97. The summed E-state index contributed by atoms with van der Waals surface area (Å²) in [6.45, 7) is 8.03. The Morgan fingerprint density at radius 3 is 2.40 bits per heavy atom. The summed E-state index contributed by atoms with van der Waals surface area (Å²) in [6.07, 6.45) is 0.725. The van der Waals surface area contributed by atoms with Crippen LogP contribution in [0.5, 0.6) is 5.75 Å². The van der Waals surface area contributed by atoms with E-state index >= 15 is 0 Å². The lowest BCUT2D eigenvalue weighted by molar-refractivity contribution is -0.131. The van der Waals surface area contributed by atoms with Crippen LogP contribution in [-0.4, -0.2) is 23.6 Å². The minimum Gasteiger partial charge on any atom is -0.486 e. The van der Waals surface area contributed by atoms with E-state index in [1.165, 1.54) is 0 Å². The zero-order valence-corrected chi connectivity index (χ0v) is 13.2. The minimum absolute atomic E-state index is 0.0647. The number of rotatable bonds is 4. The second-order valence-corrected chi connectivity index (χ2v) is 6.87. The van der Waals surface area contributed by atoms with Crippen molar-refractivity contribution in [3.05, 3.63) is 29.3 Å². The molecule has 3 nitrogen and oxygen atoms in total. The summed E-state index contributed by atoms with van der Waals surface area (Å²) in [6, 6.07) is 7.01. The summed E-state index contributed by atoms with van der Waals surface area (Å²) in [5.41, 5.74) is -0.700. The van der Waals surface area contributed by atoms with Gasteiger partial charge in [0.2, 0.25) is 0 Å². The van der Waals surface area contributed by atoms with Gasteiger partial charge in [-0.1, -0.05) is 11.6 Å². The zero-order valence-electron chi connectivity index (χ0n) is 12.4. The molecule has 1 fully saturated rings. The van der Waals surface area contributed by atoms with E-state index in [0.29, 0.717) is 10.8 Å². The molecular weight excluding hydrogens is 276 g/mol. The SMILES string of the molecule is CC1(C)CC(C(=O)COc2ccc(Cl)cc2)C(C)(C)O1. The Kier molecular flexibility index (Phi) is 4.12. The van der Waals surface area contributed by atoms with Gasteiger partial charge < -0.3 is 9.47 Å². The topological polar surface area (TPSA) is 35.5 Å². The monoisotopic (exact) mass is 296 g/mol. The van der Waals surface area contributed by atoms with Crippen LogP contribution in [-0.2, 0) is 9.53 Å². The summed E-state index contributed by atoms with van der Waals surface area (Å²) in [7, 11) is 0. The fourth-order valence-electron chi connectivity index (χ4n) is 2.85. The lowest BCUT2D eigenvalue weighted by atomic mass is 9.84. The second-order valence-electron chi connectivity index (χ2n) is 6.43. The van der Waals surface area contributed by atoms with Crippen LogP contribution in [0.25, 0.3) is 0 Å². The number of hydrogen-bond donors (Lipinski definition) is 0. The predicted molar refractivity (Wildman–Crippen MR) is 79.3 cm³/mol. The van der Waals surface area contributed by atoms with Crippen molar-refractivity contribution in [1.29, 1.82) is 0 Å². The largest absolute Gasteiger partial charge is 0.486 e. The average molecular weight is 297 g/mol. The molecule has 2 rings (SSSR count). The van der Waals surface area contributed by atoms with Crippen molar-refractivity contribution in [1.82, 2.24) is 0 Å². The van der Waals surface area contributed by atoms with E-state index in [4.69, 9.17) is 21.1 Å². The van der Waals surface area contributed by atoms with Crippen LogP contribution >= 0.6 is 11.6 Å². The Hall–Kier alpha value is -1.06. The highest BCUT2D eigenvalue weighted by Crippen LogP contribution is 2.42. The second kappa shape index (κ2) is 5.38. The third kappa shape index (κ3) is 3.53. The van der Waals surface area contributed by atoms with Crippen molar-refractivity contribution in [3.8, 4) is 5.75 Å². The molecule has 110 valence electrons. The maximum Gasteiger partial charge on any atom is 0.176 e. The molecule has 0 N–H and O–H groups in total. The molecule has 1 aromatic rings. The first kappa shape index (κ1) is 15.3. The normalized spacial score (nSPS) is 23.6. The first-order valence-electron chi connectivity index (χ1n) is 6.81. The van der Waals surface area contributed by atoms with E-state index in [0.717, 1.165) is 6.42 Å². The smallest absolute Gasteiger partial charge is 0.176 e. The molecule has 1 atom stereocenters. The Morgan fingerprint density at radius 1 is 1.30 bits per heavy atom. The van der Waals surface area contributed by atoms with E-state index < -0.39 is 5.60 Å². The zero-order chi connectivity index (χ0) is 15.0. The van der Waals surface area contributed by atoms with Gasteiger partial charge >= 0.3 is 0 Å². The molecule has 1 aromatic carbocycles. The summed E-state index contributed by atoms with van der Waals surface area (Å²) in [5, 5.41) is 0.649. The molecule has 0 amide bonds. The molecule has 1 aliphatic heterocycles. The molecule has 4 heteroatoms. The fraction of sp³-hybridized carbons (Fsp3) is 0.562. The van der Waals surface area contributed by atoms with E-state index in [9.17, 15) is 4.79 Å². The van der Waals surface area contributed by atoms with Gasteiger partial charge in [-0.25, -0.2) is 0 Å². The van der Waals surface area contributed by atoms with Crippen LogP contribution in [0, 0.1) is 5.92 Å². The van der Waals surface area contributed by atoms with Gasteiger partial charge in [-0.05, 0) is 58.4 Å². The van der Waals surface area contributed by atoms with Gasteiger partial charge in [0.1, 0.15) is 12.4 Å². The van der Waals surface area contributed by atoms with Gasteiger partial charge in [-0.3, -0.25) is 4.79 Å². The van der Waals surface area contributed by atoms with Crippen molar-refractivity contribution in [2.45, 2.75) is 45.3 Å². The quantitative estimate of drug-likeness (QED) is 0.846. The molecule has 20 heavy (non-hydrogen) atoms. The molecular formula is C16H21ClO3. The molecule has 1 heterocycles. The van der Waals surface area contributed by atoms with Crippen molar-refractivity contribution >= 4 is 17.4 Å². The van der Waals surface area contributed by atoms with E-state index in [1.807, 2.05) is 27.7 Å². The van der Waals surface area contributed by atoms with Gasteiger partial charge in [-0.2, -0.15) is 0 Å². The summed E-state index contributed by atoms with van der Waals surface area (Å²) < 4.78 is 11.5.